The van der Waals surface area contributed by atoms with Gasteiger partial charge in [-0.1, -0.05) is 102 Å². The SMILES string of the molecule is C=C(Cc1cc(C)cc(C)c1)CC1CC(C(c2ccccc2)c2ccccc2)C1. The van der Waals surface area contributed by atoms with Crippen LogP contribution in [0.2, 0.25) is 0 Å². The molecule has 1 fully saturated rings. The van der Waals surface area contributed by atoms with Crippen molar-refractivity contribution in [3.8, 4) is 0 Å². The van der Waals surface area contributed by atoms with Crippen molar-refractivity contribution in [3.05, 3.63) is 119 Å². The zero-order valence-electron chi connectivity index (χ0n) is 17.8. The fourth-order valence-electron chi connectivity index (χ4n) is 5.22. The van der Waals surface area contributed by atoms with Gasteiger partial charge in [-0.3, -0.25) is 0 Å². The largest absolute Gasteiger partial charge is 0.0995 e. The molecule has 0 radical (unpaired) electrons. The summed E-state index contributed by atoms with van der Waals surface area (Å²) in [4.78, 5) is 0. The standard InChI is InChI=1S/C29H32/c1-21-14-22(2)16-24(15-21)17-23(3)18-25-19-28(20-25)29(26-10-6-4-7-11-26)27-12-8-5-9-13-27/h4-16,25,28-29H,3,17-20H2,1-2H3. The second-order valence-electron chi connectivity index (χ2n) is 9.02. The number of rotatable bonds is 7. The smallest absolute Gasteiger partial charge is 0.0118 e. The van der Waals surface area contributed by atoms with Crippen LogP contribution >= 0.6 is 0 Å². The molecule has 0 aromatic heterocycles. The van der Waals surface area contributed by atoms with Crippen LogP contribution in [0.1, 0.15) is 53.0 Å². The highest BCUT2D eigenvalue weighted by Gasteiger charge is 2.36. The molecule has 29 heavy (non-hydrogen) atoms. The van der Waals surface area contributed by atoms with E-state index in [0.29, 0.717) is 5.92 Å². The lowest BCUT2D eigenvalue weighted by atomic mass is 9.63. The number of hydrogen-bond acceptors (Lipinski definition) is 0. The molecule has 0 heterocycles. The molecular formula is C29H32. The van der Waals surface area contributed by atoms with Gasteiger partial charge >= 0.3 is 0 Å². The molecule has 0 bridgehead atoms. The highest BCUT2D eigenvalue weighted by atomic mass is 14.4. The second kappa shape index (κ2) is 8.82. The summed E-state index contributed by atoms with van der Waals surface area (Å²) in [6, 6.07) is 29.0. The first-order valence-electron chi connectivity index (χ1n) is 10.9. The van der Waals surface area contributed by atoms with Crippen LogP contribution in [0.5, 0.6) is 0 Å². The zero-order valence-corrected chi connectivity index (χ0v) is 17.8. The Morgan fingerprint density at radius 1 is 0.828 bits per heavy atom. The lowest BCUT2D eigenvalue weighted by Gasteiger charge is -2.41. The van der Waals surface area contributed by atoms with Crippen LogP contribution in [0.4, 0.5) is 0 Å². The molecule has 0 unspecified atom stereocenters. The third-order valence-corrected chi connectivity index (χ3v) is 6.37. The van der Waals surface area contributed by atoms with Crippen molar-refractivity contribution in [2.45, 2.75) is 45.4 Å². The molecule has 4 rings (SSSR count). The number of benzene rings is 3. The zero-order chi connectivity index (χ0) is 20.2. The predicted octanol–water partition coefficient (Wildman–Crippen LogP) is 7.65. The van der Waals surface area contributed by atoms with Crippen LogP contribution < -0.4 is 0 Å². The first kappa shape index (κ1) is 19.7. The van der Waals surface area contributed by atoms with Gasteiger partial charge in [-0.2, -0.15) is 0 Å². The van der Waals surface area contributed by atoms with E-state index in [2.05, 4.69) is 99.3 Å². The van der Waals surface area contributed by atoms with Crippen LogP contribution in [0.3, 0.4) is 0 Å². The van der Waals surface area contributed by atoms with E-state index in [1.807, 2.05) is 0 Å². The first-order valence-corrected chi connectivity index (χ1v) is 10.9. The van der Waals surface area contributed by atoms with Gasteiger partial charge in [-0.15, -0.1) is 0 Å². The van der Waals surface area contributed by atoms with E-state index in [9.17, 15) is 0 Å². The highest BCUT2D eigenvalue weighted by Crippen LogP contribution is 2.48. The van der Waals surface area contributed by atoms with Gasteiger partial charge in [0.05, 0.1) is 0 Å². The molecule has 0 saturated heterocycles. The van der Waals surface area contributed by atoms with Crippen LogP contribution in [-0.4, -0.2) is 0 Å². The van der Waals surface area contributed by atoms with E-state index < -0.39 is 0 Å². The fraction of sp³-hybridized carbons (Fsp3) is 0.310. The molecule has 0 amide bonds. The molecule has 0 nitrogen and oxygen atoms in total. The summed E-state index contributed by atoms with van der Waals surface area (Å²) >= 11 is 0. The number of aryl methyl sites for hydroxylation is 2. The van der Waals surface area contributed by atoms with Crippen LogP contribution in [0.25, 0.3) is 0 Å². The summed E-state index contributed by atoms with van der Waals surface area (Å²) in [6.45, 7) is 8.78. The molecule has 0 spiro atoms. The van der Waals surface area contributed by atoms with Crippen molar-refractivity contribution in [1.29, 1.82) is 0 Å². The minimum Gasteiger partial charge on any atom is -0.0995 e. The monoisotopic (exact) mass is 380 g/mol. The van der Waals surface area contributed by atoms with Crippen molar-refractivity contribution in [2.24, 2.45) is 11.8 Å². The minimum absolute atomic E-state index is 0.515. The van der Waals surface area contributed by atoms with Gasteiger partial charge in [0, 0.05) is 5.92 Å². The molecule has 3 aromatic rings. The van der Waals surface area contributed by atoms with E-state index in [1.54, 1.807) is 0 Å². The maximum absolute atomic E-state index is 4.42. The van der Waals surface area contributed by atoms with Crippen molar-refractivity contribution in [1.82, 2.24) is 0 Å². The molecule has 0 heteroatoms. The Kier molecular flexibility index (Phi) is 6.00. The van der Waals surface area contributed by atoms with E-state index in [0.717, 1.165) is 18.3 Å². The third-order valence-electron chi connectivity index (χ3n) is 6.37. The number of hydrogen-bond donors (Lipinski definition) is 0. The molecule has 1 aliphatic rings. The average molecular weight is 381 g/mol. The molecule has 0 N–H and O–H groups in total. The van der Waals surface area contributed by atoms with E-state index in [4.69, 9.17) is 0 Å². The van der Waals surface area contributed by atoms with E-state index in [-0.39, 0.29) is 0 Å². The molecule has 1 aliphatic carbocycles. The molecule has 3 aromatic carbocycles. The van der Waals surface area contributed by atoms with Crippen LogP contribution in [0.15, 0.2) is 91.0 Å². The van der Waals surface area contributed by atoms with Gasteiger partial charge in [-0.05, 0) is 68.1 Å². The van der Waals surface area contributed by atoms with Crippen LogP contribution in [-0.2, 0) is 6.42 Å². The molecule has 0 aliphatic heterocycles. The molecule has 1 saturated carbocycles. The lowest BCUT2D eigenvalue weighted by Crippen LogP contribution is -2.30. The van der Waals surface area contributed by atoms with E-state index >= 15 is 0 Å². The molecule has 148 valence electrons. The summed E-state index contributed by atoms with van der Waals surface area (Å²) in [5, 5.41) is 0. The van der Waals surface area contributed by atoms with Gasteiger partial charge in [-0.25, -0.2) is 0 Å². The van der Waals surface area contributed by atoms with Gasteiger partial charge in [0.2, 0.25) is 0 Å². The van der Waals surface area contributed by atoms with Crippen molar-refractivity contribution in [2.75, 3.05) is 0 Å². The Bertz CT molecular complexity index is 886. The summed E-state index contributed by atoms with van der Waals surface area (Å²) in [7, 11) is 0. The Balaban J connectivity index is 1.39. The average Bonchev–Trinajstić information content (AvgIpc) is 2.67. The quantitative estimate of drug-likeness (QED) is 0.369. The maximum Gasteiger partial charge on any atom is 0.0118 e. The minimum atomic E-state index is 0.515. The van der Waals surface area contributed by atoms with Crippen molar-refractivity contribution >= 4 is 0 Å². The Morgan fingerprint density at radius 2 is 1.34 bits per heavy atom. The van der Waals surface area contributed by atoms with E-state index in [1.165, 1.54) is 52.7 Å². The maximum atomic E-state index is 4.42. The van der Waals surface area contributed by atoms with Gasteiger partial charge in [0.25, 0.3) is 0 Å². The summed E-state index contributed by atoms with van der Waals surface area (Å²) < 4.78 is 0. The summed E-state index contributed by atoms with van der Waals surface area (Å²) in [5.41, 5.74) is 8.41. The Labute approximate surface area is 176 Å². The first-order chi connectivity index (χ1) is 14.1. The molecular weight excluding hydrogens is 348 g/mol. The predicted molar refractivity (Wildman–Crippen MR) is 124 cm³/mol. The Morgan fingerprint density at radius 3 is 1.86 bits per heavy atom. The fourth-order valence-corrected chi connectivity index (χ4v) is 5.22. The van der Waals surface area contributed by atoms with Crippen molar-refractivity contribution in [3.63, 3.8) is 0 Å². The van der Waals surface area contributed by atoms with Gasteiger partial charge < -0.3 is 0 Å². The highest BCUT2D eigenvalue weighted by molar-refractivity contribution is 5.34. The summed E-state index contributed by atoms with van der Waals surface area (Å²) in [6.07, 6.45) is 4.80. The van der Waals surface area contributed by atoms with Crippen molar-refractivity contribution < 1.29 is 0 Å². The lowest BCUT2D eigenvalue weighted by molar-refractivity contribution is 0.172. The van der Waals surface area contributed by atoms with Crippen LogP contribution in [0, 0.1) is 25.7 Å². The third kappa shape index (κ3) is 4.88. The topological polar surface area (TPSA) is 0 Å². The number of allylic oxidation sites excluding steroid dienone is 1. The molecule has 0 atom stereocenters. The second-order valence-corrected chi connectivity index (χ2v) is 9.02. The summed E-state index contributed by atoms with van der Waals surface area (Å²) in [5.74, 6) is 2.04. The normalized spacial score (nSPS) is 18.4. The van der Waals surface area contributed by atoms with Gasteiger partial charge in [0.15, 0.2) is 0 Å². The van der Waals surface area contributed by atoms with Gasteiger partial charge in [0.1, 0.15) is 0 Å². The Hall–Kier alpha value is -2.60.